The minimum Gasteiger partial charge on any atom is -0.493 e. The second-order valence-electron chi connectivity index (χ2n) is 7.72. The van der Waals surface area contributed by atoms with Gasteiger partial charge in [-0.2, -0.15) is 0 Å². The van der Waals surface area contributed by atoms with E-state index in [9.17, 15) is 4.79 Å². The number of carbonyl (C=O) groups is 1. The number of nitrogens with one attached hydrogen (secondary N) is 3. The van der Waals surface area contributed by atoms with Crippen LogP contribution in [0.25, 0.3) is 0 Å². The summed E-state index contributed by atoms with van der Waals surface area (Å²) in [6, 6.07) is 9.75. The number of carbonyl (C=O) groups excluding carboxylic acids is 1. The van der Waals surface area contributed by atoms with Gasteiger partial charge in [0.1, 0.15) is 11.9 Å². The summed E-state index contributed by atoms with van der Waals surface area (Å²) in [6.45, 7) is 5.96. The third kappa shape index (κ3) is 5.21. The summed E-state index contributed by atoms with van der Waals surface area (Å²) < 4.78 is 22.1. The summed E-state index contributed by atoms with van der Waals surface area (Å²) >= 11 is 0. The highest BCUT2D eigenvalue weighted by Crippen LogP contribution is 2.41. The van der Waals surface area contributed by atoms with Gasteiger partial charge in [0.2, 0.25) is 5.75 Å². The van der Waals surface area contributed by atoms with Crippen molar-refractivity contribution in [1.29, 1.82) is 0 Å². The lowest BCUT2D eigenvalue weighted by Crippen LogP contribution is -2.47. The van der Waals surface area contributed by atoms with E-state index in [0.717, 1.165) is 16.7 Å². The van der Waals surface area contributed by atoms with Gasteiger partial charge < -0.3 is 24.3 Å². The van der Waals surface area contributed by atoms with E-state index in [1.807, 2.05) is 45.0 Å². The number of hydrogen-bond acceptors (Lipinski definition) is 7. The lowest BCUT2D eigenvalue weighted by Gasteiger charge is -2.24. The molecule has 31 heavy (non-hydrogen) atoms. The van der Waals surface area contributed by atoms with Crippen molar-refractivity contribution in [3.8, 4) is 23.0 Å². The smallest absolute Gasteiger partial charge is 0.259 e. The third-order valence-corrected chi connectivity index (χ3v) is 5.32. The molecule has 1 saturated heterocycles. The Bertz CT molecular complexity index is 888. The quantitative estimate of drug-likeness (QED) is 0.594. The topological polar surface area (TPSA) is 90.1 Å². The highest BCUT2D eigenvalue weighted by Gasteiger charge is 2.36. The lowest BCUT2D eigenvalue weighted by atomic mass is 9.90. The summed E-state index contributed by atoms with van der Waals surface area (Å²) in [5.41, 5.74) is 9.48. The van der Waals surface area contributed by atoms with Crippen LogP contribution in [0.1, 0.15) is 29.5 Å². The second kappa shape index (κ2) is 9.89. The van der Waals surface area contributed by atoms with E-state index >= 15 is 0 Å². The van der Waals surface area contributed by atoms with Gasteiger partial charge in [0.15, 0.2) is 18.1 Å². The van der Waals surface area contributed by atoms with Gasteiger partial charge in [-0.3, -0.25) is 10.2 Å². The van der Waals surface area contributed by atoms with Crippen molar-refractivity contribution in [3.63, 3.8) is 0 Å². The monoisotopic (exact) mass is 429 g/mol. The van der Waals surface area contributed by atoms with Gasteiger partial charge in [-0.1, -0.05) is 6.07 Å². The Hall–Kier alpha value is -2.97. The van der Waals surface area contributed by atoms with Crippen molar-refractivity contribution in [2.24, 2.45) is 0 Å². The fourth-order valence-electron chi connectivity index (χ4n) is 3.97. The van der Waals surface area contributed by atoms with E-state index in [0.29, 0.717) is 23.0 Å². The lowest BCUT2D eigenvalue weighted by molar-refractivity contribution is -0.124. The number of hydrazine groups is 1. The molecule has 8 nitrogen and oxygen atoms in total. The Kier molecular flexibility index (Phi) is 7.25. The molecular formula is C23H31N3O5. The zero-order valence-electron chi connectivity index (χ0n) is 18.9. The normalized spacial score (nSPS) is 20.3. The van der Waals surface area contributed by atoms with Crippen LogP contribution in [0.5, 0.6) is 23.0 Å². The van der Waals surface area contributed by atoms with Gasteiger partial charge in [0.05, 0.1) is 21.3 Å². The molecule has 1 heterocycles. The van der Waals surface area contributed by atoms with Gasteiger partial charge in [-0.05, 0) is 61.7 Å². The van der Waals surface area contributed by atoms with E-state index in [4.69, 9.17) is 18.9 Å². The number of benzene rings is 2. The highest BCUT2D eigenvalue weighted by molar-refractivity contribution is 5.78. The Balaban J connectivity index is 1.74. The van der Waals surface area contributed by atoms with E-state index in [-0.39, 0.29) is 30.6 Å². The van der Waals surface area contributed by atoms with Gasteiger partial charge in [-0.15, -0.1) is 0 Å². The summed E-state index contributed by atoms with van der Waals surface area (Å²) in [7, 11) is 4.73. The number of ether oxygens (including phenoxy) is 4. The molecule has 0 bridgehead atoms. The van der Waals surface area contributed by atoms with Crippen LogP contribution in [-0.4, -0.2) is 46.1 Å². The van der Waals surface area contributed by atoms with Crippen LogP contribution in [0.15, 0.2) is 30.3 Å². The third-order valence-electron chi connectivity index (χ3n) is 5.32. The van der Waals surface area contributed by atoms with Crippen LogP contribution in [-0.2, 0) is 4.79 Å². The molecule has 3 N–H and O–H groups in total. The number of aryl methyl sites for hydroxylation is 2. The molecule has 0 aliphatic carbocycles. The summed E-state index contributed by atoms with van der Waals surface area (Å²) in [5.74, 6) is 2.06. The van der Waals surface area contributed by atoms with Crippen molar-refractivity contribution in [3.05, 3.63) is 47.0 Å². The molecule has 0 aromatic heterocycles. The number of rotatable bonds is 8. The summed E-state index contributed by atoms with van der Waals surface area (Å²) in [4.78, 5) is 12.6. The molecule has 3 unspecified atom stereocenters. The number of amides is 1. The van der Waals surface area contributed by atoms with Crippen LogP contribution >= 0.6 is 0 Å². The van der Waals surface area contributed by atoms with E-state index < -0.39 is 0 Å². The molecule has 0 spiro atoms. The molecule has 0 saturated carbocycles. The van der Waals surface area contributed by atoms with Crippen molar-refractivity contribution < 1.29 is 23.7 Å². The van der Waals surface area contributed by atoms with E-state index in [2.05, 4.69) is 22.2 Å². The molecule has 2 aromatic rings. The molecule has 1 aliphatic heterocycles. The van der Waals surface area contributed by atoms with E-state index in [1.165, 1.54) is 0 Å². The fourth-order valence-corrected chi connectivity index (χ4v) is 3.97. The maximum Gasteiger partial charge on any atom is 0.259 e. The van der Waals surface area contributed by atoms with Gasteiger partial charge in [-0.25, -0.2) is 5.43 Å². The van der Waals surface area contributed by atoms with Gasteiger partial charge in [0, 0.05) is 12.0 Å². The first-order valence-corrected chi connectivity index (χ1v) is 10.2. The maximum absolute atomic E-state index is 12.6. The average Bonchev–Trinajstić information content (AvgIpc) is 3.10. The minimum atomic E-state index is -0.340. The first kappa shape index (κ1) is 22.7. The highest BCUT2D eigenvalue weighted by atomic mass is 16.5. The molecule has 168 valence electrons. The van der Waals surface area contributed by atoms with Crippen LogP contribution in [0.3, 0.4) is 0 Å². The predicted molar refractivity (Wildman–Crippen MR) is 118 cm³/mol. The molecule has 1 aliphatic rings. The SMILES string of the molecule is COc1cc(C2C(C)NNC2NC(=O)COc2cc(C)cc(C)c2)cc(OC)c1OC. The van der Waals surface area contributed by atoms with Crippen LogP contribution in [0.2, 0.25) is 0 Å². The Labute approximate surface area is 183 Å². The van der Waals surface area contributed by atoms with Crippen LogP contribution < -0.4 is 35.1 Å². The van der Waals surface area contributed by atoms with Crippen LogP contribution in [0, 0.1) is 13.8 Å². The molecule has 0 radical (unpaired) electrons. The molecule has 3 rings (SSSR count). The molecule has 1 fully saturated rings. The van der Waals surface area contributed by atoms with Crippen molar-refractivity contribution in [1.82, 2.24) is 16.2 Å². The zero-order valence-corrected chi connectivity index (χ0v) is 18.9. The Morgan fingerprint density at radius 3 is 2.10 bits per heavy atom. The molecule has 8 heteroatoms. The van der Waals surface area contributed by atoms with E-state index in [1.54, 1.807) is 21.3 Å². The molecule has 3 atom stereocenters. The van der Waals surface area contributed by atoms with Crippen molar-refractivity contribution >= 4 is 5.91 Å². The summed E-state index contributed by atoms with van der Waals surface area (Å²) in [6.07, 6.45) is -0.340. The Morgan fingerprint density at radius 1 is 0.935 bits per heavy atom. The van der Waals surface area contributed by atoms with Crippen LogP contribution in [0.4, 0.5) is 0 Å². The zero-order chi connectivity index (χ0) is 22.5. The standard InChI is InChI=1S/C23H31N3O5/c1-13-7-14(2)9-17(8-13)31-12-20(27)24-23-21(15(3)25-26-23)16-10-18(28-4)22(30-6)19(11-16)29-5/h7-11,15,21,23,25-26H,12H2,1-6H3,(H,24,27). The maximum atomic E-state index is 12.6. The number of hydrogen-bond donors (Lipinski definition) is 3. The molecule has 1 amide bonds. The Morgan fingerprint density at radius 2 is 1.55 bits per heavy atom. The minimum absolute atomic E-state index is 0.0495. The first-order chi connectivity index (χ1) is 14.9. The predicted octanol–water partition coefficient (Wildman–Crippen LogP) is 2.43. The summed E-state index contributed by atoms with van der Waals surface area (Å²) in [5, 5.41) is 3.01. The van der Waals surface area contributed by atoms with Gasteiger partial charge >= 0.3 is 0 Å². The van der Waals surface area contributed by atoms with Crippen molar-refractivity contribution in [2.45, 2.75) is 38.9 Å². The largest absolute Gasteiger partial charge is 0.493 e. The average molecular weight is 430 g/mol. The second-order valence-corrected chi connectivity index (χ2v) is 7.72. The molecular weight excluding hydrogens is 398 g/mol. The fraction of sp³-hybridized carbons (Fsp3) is 0.435. The molecule has 2 aromatic carbocycles. The van der Waals surface area contributed by atoms with Crippen molar-refractivity contribution in [2.75, 3.05) is 27.9 Å². The first-order valence-electron chi connectivity index (χ1n) is 10.2. The number of methoxy groups -OCH3 is 3. The van der Waals surface area contributed by atoms with Gasteiger partial charge in [0.25, 0.3) is 5.91 Å².